The van der Waals surface area contributed by atoms with Crippen LogP contribution >= 0.6 is 11.6 Å². The van der Waals surface area contributed by atoms with Gasteiger partial charge in [-0.05, 0) is 12.1 Å². The van der Waals surface area contributed by atoms with Crippen LogP contribution in [0.2, 0.25) is 5.02 Å². The molecule has 27 heavy (non-hydrogen) atoms. The molecule has 0 aliphatic rings. The Morgan fingerprint density at radius 3 is 2.52 bits per heavy atom. The van der Waals surface area contributed by atoms with Gasteiger partial charge in [-0.3, -0.25) is 9.59 Å². The number of halogens is 4. The lowest BCUT2D eigenvalue weighted by Gasteiger charge is -2.12. The van der Waals surface area contributed by atoms with Crippen LogP contribution in [0.3, 0.4) is 0 Å². The molecule has 2 aromatic heterocycles. The number of nitrogens with one attached hydrogen (secondary N) is 2. The second-order valence-electron chi connectivity index (χ2n) is 5.86. The summed E-state index contributed by atoms with van der Waals surface area (Å²) in [5, 5.41) is 9.23. The van der Waals surface area contributed by atoms with Crippen molar-refractivity contribution in [2.24, 2.45) is 5.92 Å². The molecule has 1 amide bonds. The highest BCUT2D eigenvalue weighted by atomic mass is 35.5. The zero-order valence-electron chi connectivity index (χ0n) is 14.5. The van der Waals surface area contributed by atoms with Gasteiger partial charge in [-0.15, -0.1) is 0 Å². The first-order valence-corrected chi connectivity index (χ1v) is 8.32. The number of hydrogen-bond donors (Lipinski definition) is 2. The molecule has 0 fully saturated rings. The summed E-state index contributed by atoms with van der Waals surface area (Å²) in [6, 6.07) is 1.83. The van der Waals surface area contributed by atoms with Crippen LogP contribution in [-0.4, -0.2) is 33.8 Å². The van der Waals surface area contributed by atoms with E-state index in [1.807, 2.05) is 0 Å². The summed E-state index contributed by atoms with van der Waals surface area (Å²) in [5.41, 5.74) is -1.43. The van der Waals surface area contributed by atoms with Crippen LogP contribution in [0.1, 0.15) is 19.4 Å². The van der Waals surface area contributed by atoms with E-state index < -0.39 is 17.3 Å². The van der Waals surface area contributed by atoms with E-state index >= 15 is 0 Å². The summed E-state index contributed by atoms with van der Waals surface area (Å²) in [4.78, 5) is 27.4. The number of nitrogens with zero attached hydrogens (tertiary/aromatic N) is 3. The van der Waals surface area contributed by atoms with Crippen LogP contribution in [-0.2, 0) is 11.0 Å². The van der Waals surface area contributed by atoms with Crippen molar-refractivity contribution in [3.63, 3.8) is 0 Å². The number of aromatic nitrogens is 3. The third-order valence-corrected chi connectivity index (χ3v) is 3.84. The van der Waals surface area contributed by atoms with Gasteiger partial charge in [0.2, 0.25) is 5.91 Å². The van der Waals surface area contributed by atoms with E-state index in [1.54, 1.807) is 13.8 Å². The van der Waals surface area contributed by atoms with Crippen molar-refractivity contribution in [3.8, 4) is 5.82 Å². The Bertz CT molecular complexity index is 866. The third kappa shape index (κ3) is 5.19. The lowest BCUT2D eigenvalue weighted by molar-refractivity contribution is -0.137. The third-order valence-electron chi connectivity index (χ3n) is 3.48. The second-order valence-corrected chi connectivity index (χ2v) is 6.24. The molecule has 2 rings (SSSR count). The first-order valence-electron chi connectivity index (χ1n) is 7.94. The predicted molar refractivity (Wildman–Crippen MR) is 94.0 cm³/mol. The van der Waals surface area contributed by atoms with Gasteiger partial charge in [0.1, 0.15) is 5.02 Å². The molecule has 7 nitrogen and oxygen atoms in total. The summed E-state index contributed by atoms with van der Waals surface area (Å²) in [7, 11) is 0. The zero-order valence-corrected chi connectivity index (χ0v) is 15.2. The molecule has 0 aliphatic heterocycles. The quantitative estimate of drug-likeness (QED) is 0.723. The van der Waals surface area contributed by atoms with E-state index in [2.05, 4.69) is 20.7 Å². The minimum absolute atomic E-state index is 0.0920. The average molecular weight is 404 g/mol. The van der Waals surface area contributed by atoms with Crippen molar-refractivity contribution >= 4 is 23.2 Å². The molecule has 11 heteroatoms. The lowest BCUT2D eigenvalue weighted by atomic mass is 10.2. The number of pyridine rings is 1. The van der Waals surface area contributed by atoms with Gasteiger partial charge in [-0.1, -0.05) is 25.4 Å². The molecule has 0 radical (unpaired) electrons. The highest BCUT2D eigenvalue weighted by Gasteiger charge is 2.30. The highest BCUT2D eigenvalue weighted by Crippen LogP contribution is 2.28. The van der Waals surface area contributed by atoms with Crippen LogP contribution in [0.4, 0.5) is 18.9 Å². The summed E-state index contributed by atoms with van der Waals surface area (Å²) >= 11 is 6.01. The topological polar surface area (TPSA) is 88.9 Å². The Morgan fingerprint density at radius 1 is 1.26 bits per heavy atom. The molecular weight excluding hydrogens is 387 g/mol. The maximum Gasteiger partial charge on any atom is 0.417 e. The van der Waals surface area contributed by atoms with Crippen LogP contribution in [0, 0.1) is 5.92 Å². The molecule has 2 heterocycles. The van der Waals surface area contributed by atoms with Crippen LogP contribution in [0.15, 0.2) is 29.3 Å². The molecule has 0 aliphatic carbocycles. The van der Waals surface area contributed by atoms with E-state index in [0.29, 0.717) is 19.3 Å². The SMILES string of the molecule is CC(C)C(=O)NCCNc1cnn(-c2ccc(C(F)(F)F)cn2)c(=O)c1Cl. The molecule has 0 aromatic carbocycles. The first-order chi connectivity index (χ1) is 12.6. The van der Waals surface area contributed by atoms with Crippen LogP contribution < -0.4 is 16.2 Å². The molecule has 0 saturated heterocycles. The molecule has 0 unspecified atom stereocenters. The largest absolute Gasteiger partial charge is 0.417 e. The fraction of sp³-hybridized carbons (Fsp3) is 0.375. The van der Waals surface area contributed by atoms with Gasteiger partial charge in [0.05, 0.1) is 17.4 Å². The Balaban J connectivity index is 2.10. The second kappa shape index (κ2) is 8.38. The Hall–Kier alpha value is -2.62. The molecule has 0 bridgehead atoms. The Morgan fingerprint density at radius 2 is 1.96 bits per heavy atom. The maximum atomic E-state index is 12.6. The fourth-order valence-electron chi connectivity index (χ4n) is 1.99. The summed E-state index contributed by atoms with van der Waals surface area (Å²) in [5.74, 6) is -0.342. The van der Waals surface area contributed by atoms with Crippen molar-refractivity contribution in [3.05, 3.63) is 45.5 Å². The van der Waals surface area contributed by atoms with Crippen molar-refractivity contribution in [1.29, 1.82) is 0 Å². The van der Waals surface area contributed by atoms with E-state index in [9.17, 15) is 22.8 Å². The van der Waals surface area contributed by atoms with E-state index in [4.69, 9.17) is 11.6 Å². The normalized spacial score (nSPS) is 11.5. The number of hydrogen-bond acceptors (Lipinski definition) is 5. The summed E-state index contributed by atoms with van der Waals surface area (Å²) < 4.78 is 38.5. The van der Waals surface area contributed by atoms with Crippen LogP contribution in [0.25, 0.3) is 5.82 Å². The summed E-state index contributed by atoms with van der Waals surface area (Å²) in [6.07, 6.45) is -2.66. The molecule has 146 valence electrons. The molecule has 0 atom stereocenters. The van der Waals surface area contributed by atoms with Gasteiger partial charge in [-0.25, -0.2) is 4.98 Å². The lowest BCUT2D eigenvalue weighted by Crippen LogP contribution is -2.32. The number of alkyl halides is 3. The highest BCUT2D eigenvalue weighted by molar-refractivity contribution is 6.32. The molecule has 0 saturated carbocycles. The van der Waals surface area contributed by atoms with Crippen molar-refractivity contribution in [2.45, 2.75) is 20.0 Å². The van der Waals surface area contributed by atoms with Gasteiger partial charge in [-0.2, -0.15) is 23.0 Å². The van der Waals surface area contributed by atoms with E-state index in [-0.39, 0.29) is 28.4 Å². The van der Waals surface area contributed by atoms with Gasteiger partial charge in [0, 0.05) is 25.2 Å². The predicted octanol–water partition coefficient (Wildman–Crippen LogP) is 2.48. The standard InChI is InChI=1S/C16H17ClF3N5O2/c1-9(2)14(26)22-6-5-21-11-8-24-25(15(27)13(11)17)12-4-3-10(7-23-12)16(18,19)20/h3-4,7-9,21H,5-6H2,1-2H3,(H,22,26). The van der Waals surface area contributed by atoms with E-state index in [1.165, 1.54) is 6.20 Å². The molecule has 0 spiro atoms. The number of rotatable bonds is 6. The van der Waals surface area contributed by atoms with Gasteiger partial charge < -0.3 is 10.6 Å². The molecule has 2 aromatic rings. The van der Waals surface area contributed by atoms with Crippen molar-refractivity contribution in [2.75, 3.05) is 18.4 Å². The first kappa shape index (κ1) is 20.7. The number of anilines is 1. The number of amides is 1. The number of carbonyl (C=O) groups is 1. The molecule has 2 N–H and O–H groups in total. The Kier molecular flexibility index (Phi) is 6.42. The van der Waals surface area contributed by atoms with Gasteiger partial charge in [0.25, 0.3) is 5.56 Å². The van der Waals surface area contributed by atoms with E-state index in [0.717, 1.165) is 16.8 Å². The zero-order chi connectivity index (χ0) is 20.2. The smallest absolute Gasteiger partial charge is 0.381 e. The maximum absolute atomic E-state index is 12.6. The minimum atomic E-state index is -4.53. The fourth-order valence-corrected chi connectivity index (χ4v) is 2.18. The van der Waals surface area contributed by atoms with Gasteiger partial charge in [0.15, 0.2) is 5.82 Å². The molecular formula is C16H17ClF3N5O2. The number of carbonyl (C=O) groups excluding carboxylic acids is 1. The van der Waals surface area contributed by atoms with Crippen molar-refractivity contribution < 1.29 is 18.0 Å². The van der Waals surface area contributed by atoms with Crippen LogP contribution in [0.5, 0.6) is 0 Å². The Labute approximate surface area is 157 Å². The van der Waals surface area contributed by atoms with Gasteiger partial charge >= 0.3 is 6.18 Å². The minimum Gasteiger partial charge on any atom is -0.381 e. The summed E-state index contributed by atoms with van der Waals surface area (Å²) in [6.45, 7) is 4.15. The monoisotopic (exact) mass is 403 g/mol. The average Bonchev–Trinajstić information content (AvgIpc) is 2.61. The van der Waals surface area contributed by atoms with Crippen molar-refractivity contribution in [1.82, 2.24) is 20.1 Å².